The Labute approximate surface area is 77.6 Å². The van der Waals surface area contributed by atoms with Crippen LogP contribution in [-0.2, 0) is 9.59 Å². The standard InChI is InChI=1S/C11H12O2/c1-4-5-9-8(3)10(12)6-7(2)11(9)13/h4,6H,1,5H2,2-3H3. The molecule has 0 atom stereocenters. The molecular weight excluding hydrogens is 164 g/mol. The van der Waals surface area contributed by atoms with Crippen molar-refractivity contribution in [2.45, 2.75) is 20.3 Å². The molecule has 1 aliphatic rings. The van der Waals surface area contributed by atoms with Crippen LogP contribution in [0.15, 0.2) is 35.5 Å². The summed E-state index contributed by atoms with van der Waals surface area (Å²) in [7, 11) is 0. The van der Waals surface area contributed by atoms with Crippen molar-refractivity contribution < 1.29 is 9.59 Å². The summed E-state index contributed by atoms with van der Waals surface area (Å²) in [4.78, 5) is 22.9. The molecule has 0 N–H and O–H groups in total. The summed E-state index contributed by atoms with van der Waals surface area (Å²) >= 11 is 0. The van der Waals surface area contributed by atoms with E-state index in [1.54, 1.807) is 19.9 Å². The lowest BCUT2D eigenvalue weighted by Gasteiger charge is -2.12. The molecule has 0 bridgehead atoms. The van der Waals surface area contributed by atoms with Crippen LogP contribution in [0.25, 0.3) is 0 Å². The second-order valence-corrected chi connectivity index (χ2v) is 3.12. The van der Waals surface area contributed by atoms with Gasteiger partial charge in [-0.15, -0.1) is 6.58 Å². The van der Waals surface area contributed by atoms with E-state index in [4.69, 9.17) is 0 Å². The van der Waals surface area contributed by atoms with Crippen molar-refractivity contribution in [1.29, 1.82) is 0 Å². The molecule has 0 saturated carbocycles. The Morgan fingerprint density at radius 2 is 2.00 bits per heavy atom. The molecule has 0 aromatic carbocycles. The lowest BCUT2D eigenvalue weighted by molar-refractivity contribution is -0.115. The van der Waals surface area contributed by atoms with E-state index in [0.717, 1.165) is 0 Å². The lowest BCUT2D eigenvalue weighted by atomic mass is 9.89. The topological polar surface area (TPSA) is 34.1 Å². The van der Waals surface area contributed by atoms with Gasteiger partial charge in [0.1, 0.15) is 0 Å². The third-order valence-corrected chi connectivity index (χ3v) is 2.15. The molecule has 0 unspecified atom stereocenters. The van der Waals surface area contributed by atoms with Gasteiger partial charge in [0.05, 0.1) is 0 Å². The average molecular weight is 176 g/mol. The first-order valence-electron chi connectivity index (χ1n) is 4.16. The summed E-state index contributed by atoms with van der Waals surface area (Å²) < 4.78 is 0. The van der Waals surface area contributed by atoms with Gasteiger partial charge >= 0.3 is 0 Å². The van der Waals surface area contributed by atoms with Gasteiger partial charge in [0.15, 0.2) is 11.6 Å². The van der Waals surface area contributed by atoms with Crippen molar-refractivity contribution in [3.63, 3.8) is 0 Å². The maximum atomic E-state index is 11.5. The van der Waals surface area contributed by atoms with Crippen LogP contribution in [-0.4, -0.2) is 11.6 Å². The van der Waals surface area contributed by atoms with Crippen molar-refractivity contribution in [3.8, 4) is 0 Å². The molecule has 0 amide bonds. The zero-order valence-electron chi connectivity index (χ0n) is 7.89. The first kappa shape index (κ1) is 9.65. The molecule has 2 heteroatoms. The van der Waals surface area contributed by atoms with Gasteiger partial charge < -0.3 is 0 Å². The van der Waals surface area contributed by atoms with E-state index in [0.29, 0.717) is 23.1 Å². The molecular formula is C11H12O2. The van der Waals surface area contributed by atoms with Crippen LogP contribution in [0.3, 0.4) is 0 Å². The van der Waals surface area contributed by atoms with Crippen LogP contribution in [0.2, 0.25) is 0 Å². The number of rotatable bonds is 2. The maximum absolute atomic E-state index is 11.5. The number of carbonyl (C=O) groups excluding carboxylic acids is 2. The van der Waals surface area contributed by atoms with Crippen molar-refractivity contribution in [2.75, 3.05) is 0 Å². The highest BCUT2D eigenvalue weighted by Gasteiger charge is 2.21. The van der Waals surface area contributed by atoms with Gasteiger partial charge in [0, 0.05) is 16.7 Å². The van der Waals surface area contributed by atoms with Crippen LogP contribution in [0.5, 0.6) is 0 Å². The molecule has 0 aromatic rings. The van der Waals surface area contributed by atoms with E-state index in [9.17, 15) is 9.59 Å². The molecule has 0 radical (unpaired) electrons. The summed E-state index contributed by atoms with van der Waals surface area (Å²) in [5, 5.41) is 0. The normalized spacial score (nSPS) is 17.5. The highest BCUT2D eigenvalue weighted by molar-refractivity contribution is 6.22. The van der Waals surface area contributed by atoms with Crippen molar-refractivity contribution in [2.24, 2.45) is 0 Å². The molecule has 0 fully saturated rings. The maximum Gasteiger partial charge on any atom is 0.185 e. The first-order valence-corrected chi connectivity index (χ1v) is 4.16. The van der Waals surface area contributed by atoms with Crippen LogP contribution in [0.4, 0.5) is 0 Å². The fraction of sp³-hybridized carbons (Fsp3) is 0.273. The molecule has 0 aliphatic heterocycles. The zero-order chi connectivity index (χ0) is 10.0. The molecule has 0 spiro atoms. The summed E-state index contributed by atoms with van der Waals surface area (Å²) in [6, 6.07) is 0. The minimum Gasteiger partial charge on any atom is -0.290 e. The number of hydrogen-bond donors (Lipinski definition) is 0. The fourth-order valence-corrected chi connectivity index (χ4v) is 1.32. The van der Waals surface area contributed by atoms with Crippen LogP contribution >= 0.6 is 0 Å². The van der Waals surface area contributed by atoms with Crippen LogP contribution in [0.1, 0.15) is 20.3 Å². The molecule has 0 aromatic heterocycles. The fourth-order valence-electron chi connectivity index (χ4n) is 1.32. The quantitative estimate of drug-likeness (QED) is 0.476. The first-order chi connectivity index (χ1) is 6.07. The summed E-state index contributed by atoms with van der Waals surface area (Å²) in [5.74, 6) is -0.0917. The molecule has 68 valence electrons. The SMILES string of the molecule is C=CCC1=C(C)C(=O)C=C(C)C1=O. The molecule has 1 rings (SSSR count). The summed E-state index contributed by atoms with van der Waals surface area (Å²) in [6.45, 7) is 6.90. The monoisotopic (exact) mass is 176 g/mol. The van der Waals surface area contributed by atoms with Crippen molar-refractivity contribution in [3.05, 3.63) is 35.5 Å². The van der Waals surface area contributed by atoms with E-state index in [1.165, 1.54) is 6.08 Å². The van der Waals surface area contributed by atoms with Crippen LogP contribution in [0, 0.1) is 0 Å². The molecule has 0 saturated heterocycles. The molecule has 0 heterocycles. The van der Waals surface area contributed by atoms with E-state index < -0.39 is 0 Å². The smallest absolute Gasteiger partial charge is 0.185 e. The highest BCUT2D eigenvalue weighted by Crippen LogP contribution is 2.21. The predicted molar refractivity (Wildman–Crippen MR) is 51.3 cm³/mol. The second kappa shape index (κ2) is 3.52. The molecule has 2 nitrogen and oxygen atoms in total. The van der Waals surface area contributed by atoms with Gasteiger partial charge in [0.25, 0.3) is 0 Å². The van der Waals surface area contributed by atoms with Gasteiger partial charge in [-0.25, -0.2) is 0 Å². The Balaban J connectivity index is 3.14. The van der Waals surface area contributed by atoms with Gasteiger partial charge in [-0.3, -0.25) is 9.59 Å². The number of hydrogen-bond acceptors (Lipinski definition) is 2. The van der Waals surface area contributed by atoms with Gasteiger partial charge in [-0.2, -0.15) is 0 Å². The Morgan fingerprint density at radius 1 is 1.38 bits per heavy atom. The Morgan fingerprint density at radius 3 is 2.54 bits per heavy atom. The van der Waals surface area contributed by atoms with E-state index >= 15 is 0 Å². The average Bonchev–Trinajstić information content (AvgIpc) is 2.09. The Kier molecular flexibility index (Phi) is 2.61. The number of ketones is 2. The summed E-state index contributed by atoms with van der Waals surface area (Å²) in [5.41, 5.74) is 1.66. The number of carbonyl (C=O) groups is 2. The predicted octanol–water partition coefficient (Wildman–Crippen LogP) is 1.98. The zero-order valence-corrected chi connectivity index (χ0v) is 7.89. The second-order valence-electron chi connectivity index (χ2n) is 3.12. The van der Waals surface area contributed by atoms with E-state index in [1.807, 2.05) is 0 Å². The summed E-state index contributed by atoms with van der Waals surface area (Å²) in [6.07, 6.45) is 3.51. The molecule has 13 heavy (non-hydrogen) atoms. The van der Waals surface area contributed by atoms with Gasteiger partial charge in [-0.05, 0) is 26.3 Å². The highest BCUT2D eigenvalue weighted by atomic mass is 16.1. The van der Waals surface area contributed by atoms with Crippen molar-refractivity contribution >= 4 is 11.6 Å². The van der Waals surface area contributed by atoms with Crippen molar-refractivity contribution in [1.82, 2.24) is 0 Å². The Bertz CT molecular complexity index is 343. The van der Waals surface area contributed by atoms with Gasteiger partial charge in [0.2, 0.25) is 0 Å². The number of Topliss-reactive ketones (excluding diaryl/α,β-unsaturated/α-hetero) is 1. The molecule has 1 aliphatic carbocycles. The van der Waals surface area contributed by atoms with E-state index in [-0.39, 0.29) is 11.6 Å². The number of allylic oxidation sites excluding steroid dienone is 5. The Hall–Kier alpha value is -1.44. The largest absolute Gasteiger partial charge is 0.290 e. The lowest BCUT2D eigenvalue weighted by Crippen LogP contribution is -2.16. The third kappa shape index (κ3) is 1.66. The minimum atomic E-state index is -0.0612. The minimum absolute atomic E-state index is 0.0306. The van der Waals surface area contributed by atoms with Gasteiger partial charge in [-0.1, -0.05) is 6.08 Å². The van der Waals surface area contributed by atoms with Crippen LogP contribution < -0.4 is 0 Å². The third-order valence-electron chi connectivity index (χ3n) is 2.15. The van der Waals surface area contributed by atoms with E-state index in [2.05, 4.69) is 6.58 Å².